The lowest BCUT2D eigenvalue weighted by molar-refractivity contribution is -0.274. The molecular formula is C24H22F3N3O6S. The minimum Gasteiger partial charge on any atom is -0.478 e. The summed E-state index contributed by atoms with van der Waals surface area (Å²) in [6.45, 7) is 1.68. The van der Waals surface area contributed by atoms with Gasteiger partial charge in [0.25, 0.3) is 5.91 Å². The molecule has 2 heterocycles. The van der Waals surface area contributed by atoms with Crippen molar-refractivity contribution in [2.75, 3.05) is 13.1 Å². The molecule has 0 atom stereocenters. The predicted octanol–water partition coefficient (Wildman–Crippen LogP) is 3.30. The number of nitrogens with zero attached hydrogens (tertiary/aromatic N) is 2. The topological polar surface area (TPSA) is 125 Å². The van der Waals surface area contributed by atoms with Gasteiger partial charge in [0.2, 0.25) is 10.0 Å². The van der Waals surface area contributed by atoms with Crippen LogP contribution in [0.25, 0.3) is 6.08 Å². The van der Waals surface area contributed by atoms with Crippen molar-refractivity contribution in [2.24, 2.45) is 4.99 Å². The number of rotatable bonds is 6. The van der Waals surface area contributed by atoms with Crippen LogP contribution in [0.3, 0.4) is 0 Å². The summed E-state index contributed by atoms with van der Waals surface area (Å²) in [6.07, 6.45) is -3.32. The van der Waals surface area contributed by atoms with Gasteiger partial charge in [0, 0.05) is 24.1 Å². The van der Waals surface area contributed by atoms with E-state index >= 15 is 0 Å². The van der Waals surface area contributed by atoms with E-state index in [1.165, 1.54) is 40.7 Å². The number of piperidine rings is 1. The van der Waals surface area contributed by atoms with Crippen molar-refractivity contribution in [3.63, 3.8) is 0 Å². The maximum atomic E-state index is 12.9. The van der Waals surface area contributed by atoms with Gasteiger partial charge < -0.3 is 15.2 Å². The Kier molecular flexibility index (Phi) is 6.86. The number of carbonyl (C=O) groups excluding carboxylic acids is 1. The second-order valence-electron chi connectivity index (χ2n) is 8.65. The zero-order valence-electron chi connectivity index (χ0n) is 19.4. The SMILES string of the molecule is Cc1cc(C(=O)O)ccc1/C=C/S(=O)(=O)N1CCC2(CC1)N=C(c1cccc(OC(F)(F)F)c1)NC2=O. The average molecular weight is 538 g/mol. The van der Waals surface area contributed by atoms with Crippen LogP contribution in [0.5, 0.6) is 5.75 Å². The number of carboxylic acid groups (broad SMARTS) is 1. The number of hydrogen-bond donors (Lipinski definition) is 2. The van der Waals surface area contributed by atoms with E-state index in [2.05, 4.69) is 15.0 Å². The minimum atomic E-state index is -4.87. The van der Waals surface area contributed by atoms with Crippen molar-refractivity contribution in [2.45, 2.75) is 31.7 Å². The van der Waals surface area contributed by atoms with Crippen LogP contribution in [0, 0.1) is 6.92 Å². The number of hydrogen-bond acceptors (Lipinski definition) is 6. The Balaban J connectivity index is 1.46. The molecule has 0 bridgehead atoms. The van der Waals surface area contributed by atoms with Crippen LogP contribution in [0.15, 0.2) is 52.9 Å². The van der Waals surface area contributed by atoms with Gasteiger partial charge in [-0.2, -0.15) is 4.31 Å². The summed E-state index contributed by atoms with van der Waals surface area (Å²) in [6, 6.07) is 9.41. The highest BCUT2D eigenvalue weighted by molar-refractivity contribution is 7.92. The van der Waals surface area contributed by atoms with Crippen molar-refractivity contribution >= 4 is 33.8 Å². The number of nitrogens with one attached hydrogen (secondary N) is 1. The number of amides is 1. The molecule has 1 fully saturated rings. The molecule has 2 aliphatic heterocycles. The Morgan fingerprint density at radius 2 is 1.89 bits per heavy atom. The first-order valence-corrected chi connectivity index (χ1v) is 12.6. The highest BCUT2D eigenvalue weighted by atomic mass is 32.2. The van der Waals surface area contributed by atoms with Crippen LogP contribution in [-0.2, 0) is 14.8 Å². The molecule has 4 rings (SSSR count). The Hall–Kier alpha value is -3.71. The number of aliphatic imine (C=N–C) groups is 1. The third-order valence-electron chi connectivity index (χ3n) is 6.17. The molecule has 2 aromatic rings. The van der Waals surface area contributed by atoms with E-state index in [-0.39, 0.29) is 42.9 Å². The molecule has 2 aromatic carbocycles. The zero-order valence-corrected chi connectivity index (χ0v) is 20.3. The van der Waals surface area contributed by atoms with Crippen LogP contribution < -0.4 is 10.1 Å². The van der Waals surface area contributed by atoms with E-state index in [0.29, 0.717) is 11.1 Å². The van der Waals surface area contributed by atoms with E-state index in [4.69, 9.17) is 5.11 Å². The summed E-state index contributed by atoms with van der Waals surface area (Å²) in [5.41, 5.74) is 0.235. The Labute approximate surface area is 210 Å². The number of carboxylic acids is 1. The number of sulfonamides is 1. The molecule has 0 radical (unpaired) electrons. The number of carbonyl (C=O) groups is 2. The molecule has 0 saturated carbocycles. The third kappa shape index (κ3) is 5.83. The van der Waals surface area contributed by atoms with Crippen LogP contribution >= 0.6 is 0 Å². The first-order chi connectivity index (χ1) is 17.3. The van der Waals surface area contributed by atoms with Gasteiger partial charge in [0.05, 0.1) is 5.56 Å². The fourth-order valence-corrected chi connectivity index (χ4v) is 5.37. The average Bonchev–Trinajstić information content (AvgIpc) is 3.13. The lowest BCUT2D eigenvalue weighted by atomic mass is 9.89. The van der Waals surface area contributed by atoms with Crippen LogP contribution in [0.1, 0.15) is 39.9 Å². The van der Waals surface area contributed by atoms with Crippen LogP contribution in [0.4, 0.5) is 13.2 Å². The monoisotopic (exact) mass is 537 g/mol. The fourth-order valence-electron chi connectivity index (χ4n) is 4.18. The van der Waals surface area contributed by atoms with Crippen molar-refractivity contribution < 1.29 is 41.0 Å². The molecule has 37 heavy (non-hydrogen) atoms. The normalized spacial score (nSPS) is 18.2. The molecule has 2 N–H and O–H groups in total. The van der Waals surface area contributed by atoms with Crippen LogP contribution in [-0.4, -0.2) is 60.5 Å². The molecule has 1 amide bonds. The van der Waals surface area contributed by atoms with Gasteiger partial charge in [0.1, 0.15) is 17.1 Å². The molecule has 0 aromatic heterocycles. The zero-order chi connectivity index (χ0) is 27.0. The summed E-state index contributed by atoms with van der Waals surface area (Å²) in [4.78, 5) is 28.3. The molecule has 196 valence electrons. The highest BCUT2D eigenvalue weighted by Gasteiger charge is 2.47. The first kappa shape index (κ1) is 26.4. The second kappa shape index (κ2) is 9.63. The number of halogens is 3. The number of benzene rings is 2. The predicted molar refractivity (Wildman–Crippen MR) is 127 cm³/mol. The Bertz CT molecular complexity index is 1410. The van der Waals surface area contributed by atoms with Crippen molar-refractivity contribution in [1.82, 2.24) is 9.62 Å². The molecule has 0 unspecified atom stereocenters. The molecule has 13 heteroatoms. The molecular weight excluding hydrogens is 515 g/mol. The molecule has 0 aliphatic carbocycles. The number of aromatic carboxylic acids is 1. The number of aryl methyl sites for hydroxylation is 1. The molecule has 9 nitrogen and oxygen atoms in total. The van der Waals surface area contributed by atoms with Crippen molar-refractivity contribution in [3.8, 4) is 5.75 Å². The first-order valence-electron chi connectivity index (χ1n) is 11.1. The number of amidine groups is 1. The summed E-state index contributed by atoms with van der Waals surface area (Å²) in [5.74, 6) is -1.90. The Morgan fingerprint density at radius 1 is 1.19 bits per heavy atom. The van der Waals surface area contributed by atoms with E-state index < -0.39 is 39.6 Å². The van der Waals surface area contributed by atoms with E-state index in [1.54, 1.807) is 6.92 Å². The summed E-state index contributed by atoms with van der Waals surface area (Å²) < 4.78 is 68.5. The molecule has 1 spiro atoms. The van der Waals surface area contributed by atoms with E-state index in [1.807, 2.05) is 0 Å². The quantitative estimate of drug-likeness (QED) is 0.583. The van der Waals surface area contributed by atoms with Gasteiger partial charge in [0.15, 0.2) is 0 Å². The van der Waals surface area contributed by atoms with Gasteiger partial charge in [-0.1, -0.05) is 18.2 Å². The largest absolute Gasteiger partial charge is 0.573 e. The molecule has 2 aliphatic rings. The van der Waals surface area contributed by atoms with Gasteiger partial charge in [-0.3, -0.25) is 9.79 Å². The molecule has 1 saturated heterocycles. The summed E-state index contributed by atoms with van der Waals surface area (Å²) in [5, 5.41) is 12.7. The van der Waals surface area contributed by atoms with Crippen molar-refractivity contribution in [1.29, 1.82) is 0 Å². The maximum absolute atomic E-state index is 12.9. The van der Waals surface area contributed by atoms with Crippen molar-refractivity contribution in [3.05, 3.63) is 70.1 Å². The van der Waals surface area contributed by atoms with Gasteiger partial charge in [-0.15, -0.1) is 13.2 Å². The third-order valence-corrected chi connectivity index (χ3v) is 7.73. The lowest BCUT2D eigenvalue weighted by Crippen LogP contribution is -2.50. The van der Waals surface area contributed by atoms with Gasteiger partial charge in [-0.05, 0) is 61.2 Å². The number of ether oxygens (including phenoxy) is 1. The second-order valence-corrected chi connectivity index (χ2v) is 10.5. The maximum Gasteiger partial charge on any atom is 0.573 e. The van der Waals surface area contributed by atoms with Gasteiger partial charge >= 0.3 is 12.3 Å². The minimum absolute atomic E-state index is 0.00499. The van der Waals surface area contributed by atoms with Gasteiger partial charge in [-0.25, -0.2) is 13.2 Å². The number of alkyl halides is 3. The fraction of sp³-hybridized carbons (Fsp3) is 0.292. The Morgan fingerprint density at radius 3 is 2.51 bits per heavy atom. The summed E-state index contributed by atoms with van der Waals surface area (Å²) in [7, 11) is -3.84. The highest BCUT2D eigenvalue weighted by Crippen LogP contribution is 2.33. The standard InChI is InChI=1S/C24H22F3N3O6S/c1-15-13-18(21(31)32)6-5-16(15)7-12-37(34,35)30-10-8-23(9-11-30)22(33)28-20(29-23)17-3-2-4-19(14-17)36-24(25,26)27/h2-7,12-14H,8-11H2,1H3,(H,31,32)(H,28,29,33)/b12-7+. The van der Waals surface area contributed by atoms with Crippen LogP contribution in [0.2, 0.25) is 0 Å². The lowest BCUT2D eigenvalue weighted by Gasteiger charge is -2.34. The summed E-state index contributed by atoms with van der Waals surface area (Å²) >= 11 is 0. The van der Waals surface area contributed by atoms with E-state index in [9.17, 15) is 31.2 Å². The van der Waals surface area contributed by atoms with E-state index in [0.717, 1.165) is 17.5 Å². The smallest absolute Gasteiger partial charge is 0.478 e.